The van der Waals surface area contributed by atoms with E-state index in [9.17, 15) is 0 Å². The number of hydrogen-bond acceptors (Lipinski definition) is 3. The van der Waals surface area contributed by atoms with Crippen LogP contribution in [0.2, 0.25) is 0 Å². The van der Waals surface area contributed by atoms with Crippen LogP contribution >= 0.6 is 31.5 Å². The van der Waals surface area contributed by atoms with Gasteiger partial charge in [-0.1, -0.05) is 36.4 Å². The fraction of sp³-hybridized carbons (Fsp3) is 0.250. The number of thiophene rings is 1. The average molecular weight is 501 g/mol. The van der Waals surface area contributed by atoms with E-state index in [0.717, 1.165) is 22.8 Å². The summed E-state index contributed by atoms with van der Waals surface area (Å²) in [5.41, 5.74) is 9.07. The van der Waals surface area contributed by atoms with Gasteiger partial charge in [-0.2, -0.15) is 0 Å². The molecule has 2 aromatic carbocycles. The van der Waals surface area contributed by atoms with E-state index in [4.69, 9.17) is 30.2 Å². The third-order valence-corrected chi connectivity index (χ3v) is 6.06. The molecule has 0 bridgehead atoms. The first-order valence-corrected chi connectivity index (χ1v) is 13.3. The maximum atomic E-state index is 4.90. The third kappa shape index (κ3) is 6.54. The van der Waals surface area contributed by atoms with Gasteiger partial charge in [0, 0.05) is 9.75 Å². The van der Waals surface area contributed by atoms with E-state index < -0.39 is 0 Å². The Balaban J connectivity index is 0.00000101. The van der Waals surface area contributed by atoms with E-state index in [1.807, 2.05) is 0 Å². The summed E-state index contributed by atoms with van der Waals surface area (Å²) in [4.78, 5) is 12.2. The quantitative estimate of drug-likeness (QED) is 0.253. The summed E-state index contributed by atoms with van der Waals surface area (Å²) in [5, 5.41) is 0. The first-order chi connectivity index (χ1) is 14.3. The molecule has 0 N–H and O–H groups in total. The molecule has 0 saturated carbocycles. The van der Waals surface area contributed by atoms with Crippen molar-refractivity contribution in [3.8, 4) is 0 Å². The minimum atomic E-state index is 0.194. The van der Waals surface area contributed by atoms with Gasteiger partial charge in [0.1, 0.15) is 0 Å². The van der Waals surface area contributed by atoms with E-state index in [1.165, 1.54) is 32.0 Å². The second-order valence-corrected chi connectivity index (χ2v) is 10.00. The van der Waals surface area contributed by atoms with Crippen molar-refractivity contribution in [3.05, 3.63) is 80.5 Å². The standard InChI is InChI=1S/C24H26N2S.2ClH.Fe/c1-15-9-7-10-16(2)23(15)25-19(5)21-13-14-22(27-21)20(6)26-24-17(3)11-8-12-18(24)4;;;/h7-14H,1-6H3;2*1H;/q;;;+2/p-2. The summed E-state index contributed by atoms with van der Waals surface area (Å²) in [6.45, 7) is 12.6. The van der Waals surface area contributed by atoms with Crippen LogP contribution in [0.15, 0.2) is 58.5 Å². The third-order valence-electron chi connectivity index (χ3n) is 4.76. The molecular weight excluding hydrogens is 475 g/mol. The number of hydrogen-bond donors (Lipinski definition) is 0. The fourth-order valence-corrected chi connectivity index (χ4v) is 4.03. The van der Waals surface area contributed by atoms with Crippen LogP contribution in [-0.2, 0) is 13.1 Å². The zero-order valence-corrected chi connectivity index (χ0v) is 21.5. The molecule has 160 valence electrons. The zero-order valence-electron chi connectivity index (χ0n) is 18.0. The topological polar surface area (TPSA) is 24.7 Å². The van der Waals surface area contributed by atoms with Gasteiger partial charge in [-0.15, -0.1) is 11.3 Å². The van der Waals surface area contributed by atoms with E-state index in [2.05, 4.69) is 90.1 Å². The molecular formula is C24H26Cl2FeN2S. The molecule has 30 heavy (non-hydrogen) atoms. The Labute approximate surface area is 198 Å². The van der Waals surface area contributed by atoms with Crippen molar-refractivity contribution in [3.63, 3.8) is 0 Å². The molecule has 0 radical (unpaired) electrons. The van der Waals surface area contributed by atoms with Gasteiger partial charge >= 0.3 is 33.3 Å². The van der Waals surface area contributed by atoms with Crippen LogP contribution in [0.1, 0.15) is 45.9 Å². The van der Waals surface area contributed by atoms with Crippen molar-refractivity contribution in [2.24, 2.45) is 9.98 Å². The summed E-state index contributed by atoms with van der Waals surface area (Å²) >= 11 is 1.94. The predicted molar refractivity (Wildman–Crippen MR) is 132 cm³/mol. The van der Waals surface area contributed by atoms with E-state index >= 15 is 0 Å². The fourth-order valence-electron chi connectivity index (χ4n) is 3.14. The number of aryl methyl sites for hydroxylation is 4. The molecule has 6 heteroatoms. The van der Waals surface area contributed by atoms with E-state index in [1.54, 1.807) is 11.3 Å². The molecule has 3 aromatic rings. The predicted octanol–water partition coefficient (Wildman–Crippen LogP) is 8.64. The molecule has 1 heterocycles. The minimum absolute atomic E-state index is 0.194. The molecule has 0 aliphatic rings. The molecule has 0 fully saturated rings. The first-order valence-electron chi connectivity index (χ1n) is 9.47. The number of para-hydroxylation sites is 2. The van der Waals surface area contributed by atoms with Crippen molar-refractivity contribution in [1.29, 1.82) is 0 Å². The Morgan fingerprint density at radius 1 is 0.667 bits per heavy atom. The number of aliphatic imine (C=N–C) groups is 2. The van der Waals surface area contributed by atoms with Gasteiger partial charge in [0.15, 0.2) is 0 Å². The zero-order chi connectivity index (χ0) is 22.3. The van der Waals surface area contributed by atoms with Gasteiger partial charge in [-0.05, 0) is 75.9 Å². The molecule has 3 rings (SSSR count). The summed E-state index contributed by atoms with van der Waals surface area (Å²) in [5.74, 6) is 0. The van der Waals surface area contributed by atoms with Gasteiger partial charge < -0.3 is 0 Å². The molecule has 0 atom stereocenters. The summed E-state index contributed by atoms with van der Waals surface area (Å²) in [6, 6.07) is 16.9. The summed E-state index contributed by atoms with van der Waals surface area (Å²) in [6.07, 6.45) is 0. The number of nitrogens with zero attached hydrogens (tertiary/aromatic N) is 2. The van der Waals surface area contributed by atoms with Crippen molar-refractivity contribution in [2.45, 2.75) is 41.5 Å². The Morgan fingerprint density at radius 3 is 1.27 bits per heavy atom. The Bertz CT molecular complexity index is 948. The van der Waals surface area contributed by atoms with Crippen LogP contribution in [0.5, 0.6) is 0 Å². The number of halogens is 2. The van der Waals surface area contributed by atoms with Crippen molar-refractivity contribution in [2.75, 3.05) is 0 Å². The van der Waals surface area contributed by atoms with Crippen molar-refractivity contribution < 1.29 is 13.1 Å². The van der Waals surface area contributed by atoms with Gasteiger partial charge in [-0.3, -0.25) is 9.98 Å². The van der Waals surface area contributed by atoms with Crippen LogP contribution in [0.4, 0.5) is 11.4 Å². The SMILES string of the molecule is CC(=Nc1c(C)cccc1C)c1ccc(C(C)=Nc2c(C)cccc2C)s1.[Cl][Fe][Cl]. The first kappa shape index (κ1) is 24.8. The molecule has 0 amide bonds. The molecule has 0 unspecified atom stereocenters. The van der Waals surface area contributed by atoms with Gasteiger partial charge in [-0.25, -0.2) is 0 Å². The van der Waals surface area contributed by atoms with Crippen LogP contribution in [0.3, 0.4) is 0 Å². The molecule has 0 spiro atoms. The Hall–Kier alpha value is -1.42. The van der Waals surface area contributed by atoms with Crippen LogP contribution in [0, 0.1) is 27.7 Å². The van der Waals surface area contributed by atoms with Crippen molar-refractivity contribution >= 4 is 54.3 Å². The summed E-state index contributed by atoms with van der Waals surface area (Å²) < 4.78 is 0. The monoisotopic (exact) mass is 500 g/mol. The number of benzene rings is 2. The van der Waals surface area contributed by atoms with Crippen LogP contribution in [-0.4, -0.2) is 11.4 Å². The molecule has 2 nitrogen and oxygen atoms in total. The number of rotatable bonds is 4. The normalized spacial score (nSPS) is 12.0. The van der Waals surface area contributed by atoms with Crippen molar-refractivity contribution in [1.82, 2.24) is 0 Å². The second kappa shape index (κ2) is 11.8. The van der Waals surface area contributed by atoms with E-state index in [0.29, 0.717) is 0 Å². The van der Waals surface area contributed by atoms with Gasteiger partial charge in [0.25, 0.3) is 0 Å². The molecule has 0 aliphatic carbocycles. The van der Waals surface area contributed by atoms with Crippen LogP contribution < -0.4 is 0 Å². The van der Waals surface area contributed by atoms with Crippen LogP contribution in [0.25, 0.3) is 0 Å². The summed E-state index contributed by atoms with van der Waals surface area (Å²) in [7, 11) is 9.53. The molecule has 0 aliphatic heterocycles. The van der Waals surface area contributed by atoms with Gasteiger partial charge in [0.2, 0.25) is 0 Å². The Morgan fingerprint density at radius 2 is 0.967 bits per heavy atom. The molecule has 0 saturated heterocycles. The average Bonchev–Trinajstić information content (AvgIpc) is 3.19. The maximum absolute atomic E-state index is 4.90. The Kier molecular flexibility index (Phi) is 9.80. The second-order valence-electron chi connectivity index (χ2n) is 7.09. The van der Waals surface area contributed by atoms with Gasteiger partial charge in [0.05, 0.1) is 22.8 Å². The molecule has 1 aromatic heterocycles. The van der Waals surface area contributed by atoms with E-state index in [-0.39, 0.29) is 13.1 Å².